The predicted octanol–water partition coefficient (Wildman–Crippen LogP) is 5.13. The van der Waals surface area contributed by atoms with Crippen molar-refractivity contribution in [3.8, 4) is 0 Å². The third-order valence-electron chi connectivity index (χ3n) is 3.77. The van der Waals surface area contributed by atoms with E-state index >= 15 is 0 Å². The first kappa shape index (κ1) is 11.2. The van der Waals surface area contributed by atoms with Crippen LogP contribution in [-0.4, -0.2) is 0 Å². The normalized spacial score (nSPS) is 26.5. The van der Waals surface area contributed by atoms with Gasteiger partial charge in [-0.15, -0.1) is 0 Å². The van der Waals surface area contributed by atoms with Gasteiger partial charge in [-0.2, -0.15) is 0 Å². The van der Waals surface area contributed by atoms with Gasteiger partial charge in [-0.05, 0) is 55.2 Å². The van der Waals surface area contributed by atoms with E-state index in [1.165, 1.54) is 42.1 Å². The fourth-order valence-corrected chi connectivity index (χ4v) is 2.90. The Kier molecular flexibility index (Phi) is 3.85. The molecule has 0 aromatic heterocycles. The molecular weight excluding hydrogens is 248 g/mol. The van der Waals surface area contributed by atoms with Crippen LogP contribution >= 0.6 is 15.9 Å². The summed E-state index contributed by atoms with van der Waals surface area (Å²) < 4.78 is 1.19. The van der Waals surface area contributed by atoms with Crippen LogP contribution in [0.15, 0.2) is 28.7 Å². The highest BCUT2D eigenvalue weighted by Gasteiger charge is 2.20. The summed E-state index contributed by atoms with van der Waals surface area (Å²) in [5.41, 5.74) is 1.53. The second kappa shape index (κ2) is 5.16. The van der Waals surface area contributed by atoms with Crippen LogP contribution < -0.4 is 0 Å². The highest BCUT2D eigenvalue weighted by Crippen LogP contribution is 2.37. The van der Waals surface area contributed by atoms with Gasteiger partial charge in [-0.1, -0.05) is 41.4 Å². The van der Waals surface area contributed by atoms with Gasteiger partial charge in [0.05, 0.1) is 0 Å². The van der Waals surface area contributed by atoms with Crippen LogP contribution in [-0.2, 0) is 0 Å². The molecule has 0 saturated heterocycles. The van der Waals surface area contributed by atoms with E-state index in [0.29, 0.717) is 0 Å². The molecule has 0 N–H and O–H groups in total. The zero-order valence-corrected chi connectivity index (χ0v) is 11.0. The quantitative estimate of drug-likeness (QED) is 0.696. The van der Waals surface area contributed by atoms with Crippen LogP contribution in [0.4, 0.5) is 0 Å². The second-order valence-electron chi connectivity index (χ2n) is 4.68. The molecular formula is C14H19Br. The number of halogens is 1. The van der Waals surface area contributed by atoms with Crippen molar-refractivity contribution in [2.75, 3.05) is 0 Å². The predicted molar refractivity (Wildman–Crippen MR) is 69.1 cm³/mol. The van der Waals surface area contributed by atoms with Gasteiger partial charge in [0.2, 0.25) is 0 Å². The molecule has 1 aliphatic carbocycles. The van der Waals surface area contributed by atoms with Crippen molar-refractivity contribution < 1.29 is 0 Å². The van der Waals surface area contributed by atoms with Crippen LogP contribution in [0.1, 0.15) is 50.5 Å². The van der Waals surface area contributed by atoms with Crippen molar-refractivity contribution in [3.63, 3.8) is 0 Å². The van der Waals surface area contributed by atoms with Gasteiger partial charge in [0.25, 0.3) is 0 Å². The molecule has 2 rings (SSSR count). The molecule has 1 heteroatoms. The molecule has 0 heterocycles. The Morgan fingerprint density at radius 2 is 1.67 bits per heavy atom. The highest BCUT2D eigenvalue weighted by molar-refractivity contribution is 9.10. The molecule has 0 spiro atoms. The highest BCUT2D eigenvalue weighted by atomic mass is 79.9. The van der Waals surface area contributed by atoms with Crippen molar-refractivity contribution in [3.05, 3.63) is 34.3 Å². The SMILES string of the molecule is CCC1CCC(c2ccc(Br)cc2)CC1. The summed E-state index contributed by atoms with van der Waals surface area (Å²) in [5, 5.41) is 0. The Balaban J connectivity index is 1.98. The van der Waals surface area contributed by atoms with Crippen molar-refractivity contribution in [2.24, 2.45) is 5.92 Å². The van der Waals surface area contributed by atoms with Gasteiger partial charge in [0.1, 0.15) is 0 Å². The monoisotopic (exact) mass is 266 g/mol. The molecule has 1 aliphatic rings. The topological polar surface area (TPSA) is 0 Å². The zero-order valence-electron chi connectivity index (χ0n) is 9.38. The minimum atomic E-state index is 0.820. The van der Waals surface area contributed by atoms with Crippen molar-refractivity contribution in [1.29, 1.82) is 0 Å². The Labute approximate surface area is 101 Å². The van der Waals surface area contributed by atoms with E-state index < -0.39 is 0 Å². The molecule has 82 valence electrons. The molecule has 0 nitrogen and oxygen atoms in total. The molecule has 1 fully saturated rings. The van der Waals surface area contributed by atoms with Crippen LogP contribution in [0.25, 0.3) is 0 Å². The third kappa shape index (κ3) is 2.84. The average molecular weight is 267 g/mol. The molecule has 0 amide bonds. The van der Waals surface area contributed by atoms with E-state index in [9.17, 15) is 0 Å². The molecule has 0 unspecified atom stereocenters. The van der Waals surface area contributed by atoms with Crippen molar-refractivity contribution in [1.82, 2.24) is 0 Å². The minimum Gasteiger partial charge on any atom is -0.0651 e. The summed E-state index contributed by atoms with van der Waals surface area (Å²) in [7, 11) is 0. The molecule has 0 radical (unpaired) electrons. The minimum absolute atomic E-state index is 0.820. The first-order valence-corrected chi connectivity index (χ1v) is 6.84. The first-order valence-electron chi connectivity index (χ1n) is 6.05. The molecule has 1 aromatic carbocycles. The lowest BCUT2D eigenvalue weighted by Gasteiger charge is -2.28. The fraction of sp³-hybridized carbons (Fsp3) is 0.571. The number of benzene rings is 1. The maximum atomic E-state index is 3.49. The first-order chi connectivity index (χ1) is 7.29. The summed E-state index contributed by atoms with van der Waals surface area (Å²) in [5.74, 6) is 1.82. The molecule has 0 atom stereocenters. The van der Waals surface area contributed by atoms with E-state index in [1.807, 2.05) is 0 Å². The van der Waals surface area contributed by atoms with Crippen LogP contribution in [0.2, 0.25) is 0 Å². The number of rotatable bonds is 2. The standard InChI is InChI=1S/C14H19Br/c1-2-11-3-5-12(6-4-11)13-7-9-14(15)10-8-13/h7-12H,2-6H2,1H3. The number of hydrogen-bond donors (Lipinski definition) is 0. The Bertz CT molecular complexity index is 294. The van der Waals surface area contributed by atoms with Gasteiger partial charge in [-0.25, -0.2) is 0 Å². The van der Waals surface area contributed by atoms with Crippen LogP contribution in [0.5, 0.6) is 0 Å². The molecule has 15 heavy (non-hydrogen) atoms. The molecule has 0 bridgehead atoms. The Hall–Kier alpha value is -0.300. The molecule has 1 saturated carbocycles. The van der Waals surface area contributed by atoms with Gasteiger partial charge in [0.15, 0.2) is 0 Å². The van der Waals surface area contributed by atoms with Crippen LogP contribution in [0.3, 0.4) is 0 Å². The Morgan fingerprint density at radius 3 is 2.20 bits per heavy atom. The van der Waals surface area contributed by atoms with Crippen molar-refractivity contribution >= 4 is 15.9 Å². The summed E-state index contributed by atoms with van der Waals surface area (Å²) >= 11 is 3.49. The lowest BCUT2D eigenvalue weighted by molar-refractivity contribution is 0.319. The molecule has 1 aromatic rings. The van der Waals surface area contributed by atoms with E-state index in [0.717, 1.165) is 11.8 Å². The zero-order chi connectivity index (χ0) is 10.7. The van der Waals surface area contributed by atoms with Gasteiger partial charge in [-0.3, -0.25) is 0 Å². The van der Waals surface area contributed by atoms with E-state index in [-0.39, 0.29) is 0 Å². The maximum Gasteiger partial charge on any atom is 0.0175 e. The van der Waals surface area contributed by atoms with E-state index in [2.05, 4.69) is 47.1 Å². The summed E-state index contributed by atoms with van der Waals surface area (Å²) in [6.45, 7) is 2.32. The van der Waals surface area contributed by atoms with Gasteiger partial charge >= 0.3 is 0 Å². The number of hydrogen-bond acceptors (Lipinski definition) is 0. The third-order valence-corrected chi connectivity index (χ3v) is 4.29. The summed E-state index contributed by atoms with van der Waals surface area (Å²) in [6, 6.07) is 8.89. The van der Waals surface area contributed by atoms with E-state index in [1.54, 1.807) is 0 Å². The molecule has 0 aliphatic heterocycles. The summed E-state index contributed by atoms with van der Waals surface area (Å²) in [4.78, 5) is 0. The van der Waals surface area contributed by atoms with E-state index in [4.69, 9.17) is 0 Å². The van der Waals surface area contributed by atoms with Gasteiger partial charge in [0, 0.05) is 4.47 Å². The van der Waals surface area contributed by atoms with Crippen LogP contribution in [0, 0.1) is 5.92 Å². The average Bonchev–Trinajstić information content (AvgIpc) is 2.30. The summed E-state index contributed by atoms with van der Waals surface area (Å²) in [6.07, 6.45) is 7.00. The second-order valence-corrected chi connectivity index (χ2v) is 5.59. The van der Waals surface area contributed by atoms with Crippen molar-refractivity contribution in [2.45, 2.75) is 44.9 Å². The lowest BCUT2D eigenvalue weighted by atomic mass is 9.78. The maximum absolute atomic E-state index is 3.49. The lowest BCUT2D eigenvalue weighted by Crippen LogP contribution is -2.12. The largest absolute Gasteiger partial charge is 0.0651 e. The smallest absolute Gasteiger partial charge is 0.0175 e. The fourth-order valence-electron chi connectivity index (χ4n) is 2.64. The van der Waals surface area contributed by atoms with Gasteiger partial charge < -0.3 is 0 Å². The Morgan fingerprint density at radius 1 is 1.07 bits per heavy atom.